The van der Waals surface area contributed by atoms with Gasteiger partial charge in [-0.25, -0.2) is 14.8 Å². The minimum absolute atomic E-state index is 0.0960. The van der Waals surface area contributed by atoms with Crippen molar-refractivity contribution in [2.45, 2.75) is 17.0 Å². The van der Waals surface area contributed by atoms with Crippen LogP contribution >= 0.6 is 23.5 Å². The third-order valence-corrected chi connectivity index (χ3v) is 5.54. The summed E-state index contributed by atoms with van der Waals surface area (Å²) in [5.41, 5.74) is 0.639. The van der Waals surface area contributed by atoms with Crippen molar-refractivity contribution >= 4 is 29.5 Å². The van der Waals surface area contributed by atoms with E-state index in [1.165, 1.54) is 0 Å². The number of carbonyl (C=O) groups is 1. The Morgan fingerprint density at radius 2 is 1.54 bits per heavy atom. The van der Waals surface area contributed by atoms with Crippen LogP contribution in [0.2, 0.25) is 0 Å². The normalized spacial score (nSPS) is 11.7. The van der Waals surface area contributed by atoms with E-state index in [4.69, 9.17) is 15.3 Å². The molecule has 0 N–H and O–H groups in total. The van der Waals surface area contributed by atoms with Gasteiger partial charge in [0.2, 0.25) is 0 Å². The van der Waals surface area contributed by atoms with Crippen LogP contribution < -0.4 is 4.74 Å². The van der Waals surface area contributed by atoms with Gasteiger partial charge in [-0.3, -0.25) is 0 Å². The Bertz CT molecular complexity index is 1030. The van der Waals surface area contributed by atoms with Crippen molar-refractivity contribution in [3.8, 4) is 24.0 Å². The van der Waals surface area contributed by atoms with Crippen molar-refractivity contribution in [3.63, 3.8) is 0 Å². The summed E-state index contributed by atoms with van der Waals surface area (Å²) in [4.78, 5) is 20.5. The highest BCUT2D eigenvalue weighted by atomic mass is 32.2. The van der Waals surface area contributed by atoms with E-state index < -0.39 is 5.97 Å². The molecule has 26 heavy (non-hydrogen) atoms. The second kappa shape index (κ2) is 7.28. The Hall–Kier alpha value is -3.32. The molecule has 1 aliphatic rings. The molecule has 0 radical (unpaired) electrons. The summed E-state index contributed by atoms with van der Waals surface area (Å²) in [5.74, 6) is -0.464. The number of nitriles is 3. The van der Waals surface area contributed by atoms with Gasteiger partial charge in [0.1, 0.15) is 34.0 Å². The smallest absolute Gasteiger partial charge is 0.356 e. The molecule has 0 aliphatic carbocycles. The van der Waals surface area contributed by atoms with Crippen LogP contribution in [-0.2, 0) is 4.79 Å². The van der Waals surface area contributed by atoms with Gasteiger partial charge in [-0.2, -0.15) is 15.8 Å². The zero-order valence-electron chi connectivity index (χ0n) is 13.2. The lowest BCUT2D eigenvalue weighted by Gasteiger charge is -2.04. The van der Waals surface area contributed by atoms with Crippen LogP contribution in [0.5, 0.6) is 5.75 Å². The van der Waals surface area contributed by atoms with Crippen molar-refractivity contribution in [2.75, 3.05) is 0 Å². The first-order chi connectivity index (χ1) is 12.5. The minimum atomic E-state index is -0.792. The number of nitrogens with zero attached hydrogens (tertiary/aromatic N) is 5. The van der Waals surface area contributed by atoms with Crippen molar-refractivity contribution < 1.29 is 9.53 Å². The second-order valence-electron chi connectivity index (χ2n) is 4.94. The lowest BCUT2D eigenvalue weighted by Crippen LogP contribution is -2.11. The van der Waals surface area contributed by atoms with E-state index in [0.717, 1.165) is 29.1 Å². The van der Waals surface area contributed by atoms with Crippen molar-refractivity contribution in [1.29, 1.82) is 15.8 Å². The molecule has 0 unspecified atom stereocenters. The lowest BCUT2D eigenvalue weighted by molar-refractivity contribution is -0.129. The number of hydrogen-bond acceptors (Lipinski definition) is 9. The molecule has 9 heteroatoms. The van der Waals surface area contributed by atoms with Crippen LogP contribution in [-0.4, -0.2) is 15.9 Å². The molecule has 124 valence electrons. The Balaban J connectivity index is 1.90. The van der Waals surface area contributed by atoms with Gasteiger partial charge in [0.15, 0.2) is 17.0 Å². The second-order valence-corrected chi connectivity index (χ2v) is 7.19. The summed E-state index contributed by atoms with van der Waals surface area (Å²) in [5, 5.41) is 28.2. The lowest BCUT2D eigenvalue weighted by atomic mass is 10.2. The van der Waals surface area contributed by atoms with E-state index in [0.29, 0.717) is 20.0 Å². The third-order valence-electron chi connectivity index (χ3n) is 3.18. The molecule has 3 rings (SSSR count). The topological polar surface area (TPSA) is 123 Å². The summed E-state index contributed by atoms with van der Waals surface area (Å²) in [7, 11) is 0. The number of aromatic nitrogens is 2. The number of carbonyl (C=O) groups excluding carboxylic acids is 1. The Morgan fingerprint density at radius 1 is 1.00 bits per heavy atom. The molecule has 2 heterocycles. The fourth-order valence-electron chi connectivity index (χ4n) is 1.93. The minimum Gasteiger partial charge on any atom is -0.422 e. The molecule has 0 saturated heterocycles. The van der Waals surface area contributed by atoms with Crippen LogP contribution in [0.25, 0.3) is 0 Å². The summed E-state index contributed by atoms with van der Waals surface area (Å²) in [6, 6.07) is 12.3. The van der Waals surface area contributed by atoms with Crippen molar-refractivity contribution in [2.24, 2.45) is 0 Å². The number of thioether (sulfide) groups is 2. The van der Waals surface area contributed by atoms with Crippen LogP contribution in [0.1, 0.15) is 17.0 Å². The molecular weight excluding hydrogens is 370 g/mol. The molecule has 0 bridgehead atoms. The van der Waals surface area contributed by atoms with Crippen LogP contribution in [0.15, 0.2) is 44.1 Å². The number of esters is 1. The van der Waals surface area contributed by atoms with E-state index >= 15 is 0 Å². The average Bonchev–Trinajstić information content (AvgIpc) is 3.05. The predicted molar refractivity (Wildman–Crippen MR) is 92.6 cm³/mol. The Kier molecular flexibility index (Phi) is 4.90. The predicted octanol–water partition coefficient (Wildman–Crippen LogP) is 3.07. The maximum atomic E-state index is 12.3. The van der Waals surface area contributed by atoms with E-state index in [9.17, 15) is 10.1 Å². The molecule has 1 aliphatic heterocycles. The third kappa shape index (κ3) is 3.38. The molecule has 0 saturated carbocycles. The summed E-state index contributed by atoms with van der Waals surface area (Å²) in [6.45, 7) is 1.91. The fraction of sp³-hybridized carbons (Fsp3) is 0.0588. The largest absolute Gasteiger partial charge is 0.422 e. The van der Waals surface area contributed by atoms with E-state index in [-0.39, 0.29) is 17.0 Å². The van der Waals surface area contributed by atoms with Crippen LogP contribution in [0.4, 0.5) is 0 Å². The van der Waals surface area contributed by atoms with Crippen molar-refractivity contribution in [1.82, 2.24) is 9.97 Å². The highest BCUT2D eigenvalue weighted by molar-refractivity contribution is 8.24. The van der Waals surface area contributed by atoms with Gasteiger partial charge in [0.25, 0.3) is 0 Å². The Morgan fingerprint density at radius 3 is 2.00 bits per heavy atom. The molecule has 0 fully saturated rings. The van der Waals surface area contributed by atoms with Gasteiger partial charge in [-0.1, -0.05) is 41.2 Å². The zero-order valence-corrected chi connectivity index (χ0v) is 14.8. The first-order valence-corrected chi connectivity index (χ1v) is 8.70. The highest BCUT2D eigenvalue weighted by Crippen LogP contribution is 2.50. The quantitative estimate of drug-likeness (QED) is 0.336. The zero-order chi connectivity index (χ0) is 18.7. The van der Waals surface area contributed by atoms with Gasteiger partial charge < -0.3 is 4.74 Å². The van der Waals surface area contributed by atoms with Crippen molar-refractivity contribution in [3.05, 3.63) is 51.0 Å². The van der Waals surface area contributed by atoms with Gasteiger partial charge in [-0.15, -0.1) is 0 Å². The van der Waals surface area contributed by atoms with E-state index in [1.54, 1.807) is 36.4 Å². The molecule has 0 spiro atoms. The summed E-state index contributed by atoms with van der Waals surface area (Å²) >= 11 is 2.09. The SMILES string of the molecule is Cc1ccc(OC(=O)C(C#N)=C2Sc3nc(C#N)c(C#N)nc3S2)cc1. The molecule has 1 aromatic carbocycles. The molecule has 1 aromatic heterocycles. The van der Waals surface area contributed by atoms with E-state index in [1.807, 2.05) is 13.0 Å². The van der Waals surface area contributed by atoms with Crippen LogP contribution in [0, 0.1) is 40.9 Å². The monoisotopic (exact) mass is 377 g/mol. The maximum absolute atomic E-state index is 12.3. The van der Waals surface area contributed by atoms with Gasteiger partial charge in [0.05, 0.1) is 4.24 Å². The Labute approximate surface area is 156 Å². The van der Waals surface area contributed by atoms with Crippen LogP contribution in [0.3, 0.4) is 0 Å². The number of aryl methyl sites for hydroxylation is 1. The molecule has 0 amide bonds. The molecule has 7 nitrogen and oxygen atoms in total. The number of benzene rings is 1. The number of ether oxygens (including phenoxy) is 1. The van der Waals surface area contributed by atoms with Gasteiger partial charge in [0, 0.05) is 0 Å². The molecular formula is C17H7N5O2S2. The fourth-order valence-corrected chi connectivity index (χ4v) is 4.17. The maximum Gasteiger partial charge on any atom is 0.356 e. The standard InChI is InChI=1S/C17H7N5O2S2/c1-9-2-4-10(5-3-9)24-16(23)11(6-18)17-25-14-15(26-17)22-13(8-20)12(7-19)21-14/h2-5H,1H3. The average molecular weight is 377 g/mol. The number of rotatable bonds is 2. The highest BCUT2D eigenvalue weighted by Gasteiger charge is 2.29. The van der Waals surface area contributed by atoms with Gasteiger partial charge >= 0.3 is 5.97 Å². The number of hydrogen-bond donors (Lipinski definition) is 0. The first kappa shape index (κ1) is 17.5. The first-order valence-electron chi connectivity index (χ1n) is 7.07. The van der Waals surface area contributed by atoms with Gasteiger partial charge in [-0.05, 0) is 19.1 Å². The molecule has 0 atom stereocenters. The van der Waals surface area contributed by atoms with E-state index in [2.05, 4.69) is 9.97 Å². The number of fused-ring (bicyclic) bond motifs is 1. The molecule has 2 aromatic rings. The summed E-state index contributed by atoms with van der Waals surface area (Å²) in [6.07, 6.45) is 0. The summed E-state index contributed by atoms with van der Waals surface area (Å²) < 4.78 is 5.58.